The average Bonchev–Trinajstić information content (AvgIpc) is 3.17. The maximum absolute atomic E-state index is 12.1. The second kappa shape index (κ2) is 42.4. The maximum atomic E-state index is 12.1. The first kappa shape index (κ1) is 53.8. The van der Waals surface area contributed by atoms with E-state index in [4.69, 9.17) is 13.8 Å². The van der Waals surface area contributed by atoms with Gasteiger partial charge in [-0.2, -0.15) is 0 Å². The lowest BCUT2D eigenvalue weighted by Crippen LogP contribution is -2.27. The van der Waals surface area contributed by atoms with Gasteiger partial charge in [0.2, 0.25) is 5.91 Å². The number of aliphatic hydroxyl groups is 1. The van der Waals surface area contributed by atoms with Gasteiger partial charge >= 0.3 is 13.8 Å². The van der Waals surface area contributed by atoms with Gasteiger partial charge in [-0.15, -0.1) is 0 Å². The first-order valence-electron chi connectivity index (χ1n) is 23.2. The molecule has 3 N–H and O–H groups in total. The lowest BCUT2D eigenvalue weighted by Gasteiger charge is -2.15. The number of phosphoric ester groups is 1. The third-order valence-corrected chi connectivity index (χ3v) is 11.2. The monoisotopic (exact) mass is 802 g/mol. The molecule has 2 atom stereocenters. The number of amides is 1. The average molecular weight is 802 g/mol. The van der Waals surface area contributed by atoms with Crippen LogP contribution in [0.3, 0.4) is 0 Å². The van der Waals surface area contributed by atoms with Gasteiger partial charge in [0.1, 0.15) is 12.7 Å². The molecule has 0 saturated heterocycles. The van der Waals surface area contributed by atoms with Crippen molar-refractivity contribution in [1.82, 2.24) is 5.32 Å². The summed E-state index contributed by atoms with van der Waals surface area (Å²) in [4.78, 5) is 33.9. The Morgan fingerprint density at radius 2 is 0.927 bits per heavy atom. The van der Waals surface area contributed by atoms with Crippen LogP contribution in [-0.4, -0.2) is 54.3 Å². The zero-order chi connectivity index (χ0) is 40.3. The largest absolute Gasteiger partial charge is 0.472 e. The maximum Gasteiger partial charge on any atom is 0.472 e. The van der Waals surface area contributed by atoms with Gasteiger partial charge in [0.15, 0.2) is 0 Å². The summed E-state index contributed by atoms with van der Waals surface area (Å²) in [6.07, 6.45) is 44.3. The molecule has 0 heterocycles. The highest BCUT2D eigenvalue weighted by atomic mass is 31.2. The number of hydrogen-bond donors (Lipinski definition) is 3. The normalized spacial score (nSPS) is 13.3. The molecule has 0 radical (unpaired) electrons. The number of nitrogens with one attached hydrogen (secondary N) is 1. The van der Waals surface area contributed by atoms with E-state index in [1.807, 2.05) is 0 Å². The van der Waals surface area contributed by atoms with E-state index in [-0.39, 0.29) is 32.1 Å². The molecule has 0 aliphatic heterocycles. The van der Waals surface area contributed by atoms with Gasteiger partial charge in [0, 0.05) is 19.4 Å². The van der Waals surface area contributed by atoms with Crippen molar-refractivity contribution in [2.45, 2.75) is 238 Å². The summed E-state index contributed by atoms with van der Waals surface area (Å²) in [7, 11) is -4.41. The molecule has 0 aromatic rings. The number of rotatable bonds is 44. The molecule has 0 fully saturated rings. The highest BCUT2D eigenvalue weighted by Gasteiger charge is 2.23. The first-order valence-corrected chi connectivity index (χ1v) is 24.7. The van der Waals surface area contributed by atoms with E-state index in [0.29, 0.717) is 6.42 Å². The van der Waals surface area contributed by atoms with Crippen LogP contribution in [0.15, 0.2) is 12.2 Å². The van der Waals surface area contributed by atoms with Crippen molar-refractivity contribution in [2.75, 3.05) is 26.4 Å². The van der Waals surface area contributed by atoms with Crippen molar-refractivity contribution < 1.29 is 37.9 Å². The van der Waals surface area contributed by atoms with Gasteiger partial charge in [0.25, 0.3) is 0 Å². The number of aliphatic hydroxyl groups excluding tert-OH is 1. The second-order valence-electron chi connectivity index (χ2n) is 15.7. The Morgan fingerprint density at radius 3 is 1.38 bits per heavy atom. The molecule has 0 saturated carbocycles. The molecule has 0 aromatic carbocycles. The Labute approximate surface area is 338 Å². The predicted molar refractivity (Wildman–Crippen MR) is 229 cm³/mol. The molecule has 10 heteroatoms. The zero-order valence-electron chi connectivity index (χ0n) is 35.9. The predicted octanol–water partition coefficient (Wildman–Crippen LogP) is 13.0. The third-order valence-electron chi connectivity index (χ3n) is 10.2. The number of allylic oxidation sites excluding steroid dienone is 2. The van der Waals surface area contributed by atoms with E-state index in [2.05, 4.69) is 31.3 Å². The van der Waals surface area contributed by atoms with Gasteiger partial charge in [-0.1, -0.05) is 193 Å². The fraction of sp³-hybridized carbons (Fsp3) is 0.911. The van der Waals surface area contributed by atoms with Crippen molar-refractivity contribution in [1.29, 1.82) is 0 Å². The minimum atomic E-state index is -4.41. The van der Waals surface area contributed by atoms with Crippen LogP contribution >= 0.6 is 7.82 Å². The van der Waals surface area contributed by atoms with Crippen LogP contribution in [-0.2, 0) is 27.9 Å². The van der Waals surface area contributed by atoms with Crippen molar-refractivity contribution >= 4 is 19.7 Å². The molecule has 0 rings (SSSR count). The molecular weight excluding hydrogens is 713 g/mol. The summed E-state index contributed by atoms with van der Waals surface area (Å²) < 4.78 is 26.9. The quantitative estimate of drug-likeness (QED) is 0.0240. The van der Waals surface area contributed by atoms with E-state index >= 15 is 0 Å². The van der Waals surface area contributed by atoms with E-state index < -0.39 is 26.5 Å². The number of esters is 1. The topological polar surface area (TPSA) is 131 Å². The standard InChI is InChI=1S/C45H88NO8P/c1-3-5-7-9-11-13-15-17-18-19-20-21-22-23-24-26-28-30-32-34-36-38-45(49)52-41-43(47)42-54-55(50,51)53-40-39-46-44(48)37-35-33-31-29-27-25-16-14-12-10-8-6-4-2/h14,16,43,47H,3-13,15,17-42H2,1-2H3,(H,46,48)(H,50,51)/b16-14-. The summed E-state index contributed by atoms with van der Waals surface area (Å²) in [5, 5.41) is 12.7. The number of phosphoric acid groups is 1. The van der Waals surface area contributed by atoms with Crippen LogP contribution in [0.2, 0.25) is 0 Å². The molecule has 326 valence electrons. The fourth-order valence-corrected chi connectivity index (χ4v) is 7.43. The Morgan fingerprint density at radius 1 is 0.545 bits per heavy atom. The highest BCUT2D eigenvalue weighted by Crippen LogP contribution is 2.42. The number of carbonyl (C=O) groups excluding carboxylic acids is 2. The van der Waals surface area contributed by atoms with Crippen LogP contribution in [0.5, 0.6) is 0 Å². The fourth-order valence-electron chi connectivity index (χ4n) is 6.67. The number of unbranched alkanes of at least 4 members (excludes halogenated alkanes) is 29. The SMILES string of the molecule is CCCCCC/C=C\CCCCCCCC(=O)NCCOP(=O)(O)OCC(O)COC(=O)CCCCCCCCCCCCCCCCCCCCCCC. The van der Waals surface area contributed by atoms with Crippen LogP contribution < -0.4 is 5.32 Å². The Balaban J connectivity index is 3.53. The van der Waals surface area contributed by atoms with Gasteiger partial charge in [-0.25, -0.2) is 4.57 Å². The second-order valence-corrected chi connectivity index (χ2v) is 17.2. The summed E-state index contributed by atoms with van der Waals surface area (Å²) in [6.45, 7) is 3.56. The molecule has 0 aromatic heterocycles. The van der Waals surface area contributed by atoms with E-state index in [1.165, 1.54) is 154 Å². The first-order chi connectivity index (χ1) is 26.8. The van der Waals surface area contributed by atoms with E-state index in [1.54, 1.807) is 0 Å². The third kappa shape index (κ3) is 43.7. The molecule has 0 spiro atoms. The lowest BCUT2D eigenvalue weighted by atomic mass is 10.0. The number of hydrogen-bond acceptors (Lipinski definition) is 7. The molecular formula is C45H88NO8P. The Bertz CT molecular complexity index is 917. The summed E-state index contributed by atoms with van der Waals surface area (Å²) in [5.74, 6) is -0.515. The smallest absolute Gasteiger partial charge is 0.463 e. The van der Waals surface area contributed by atoms with Crippen molar-refractivity contribution in [2.24, 2.45) is 0 Å². The van der Waals surface area contributed by atoms with Gasteiger partial charge < -0.3 is 20.1 Å². The number of carbonyl (C=O) groups is 2. The van der Waals surface area contributed by atoms with Gasteiger partial charge in [-0.05, 0) is 38.5 Å². The molecule has 2 unspecified atom stereocenters. The summed E-state index contributed by atoms with van der Waals surface area (Å²) >= 11 is 0. The van der Waals surface area contributed by atoms with Crippen LogP contribution in [0, 0.1) is 0 Å². The molecule has 0 bridgehead atoms. The summed E-state index contributed by atoms with van der Waals surface area (Å²) in [5.41, 5.74) is 0. The van der Waals surface area contributed by atoms with Gasteiger partial charge in [-0.3, -0.25) is 18.6 Å². The van der Waals surface area contributed by atoms with Crippen molar-refractivity contribution in [3.63, 3.8) is 0 Å². The van der Waals surface area contributed by atoms with Crippen LogP contribution in [0.4, 0.5) is 0 Å². The Kier molecular flexibility index (Phi) is 41.4. The number of ether oxygens (including phenoxy) is 1. The molecule has 55 heavy (non-hydrogen) atoms. The Hall–Kier alpha value is -1.25. The molecule has 1 amide bonds. The molecule has 0 aliphatic rings. The minimum Gasteiger partial charge on any atom is -0.463 e. The van der Waals surface area contributed by atoms with Gasteiger partial charge in [0.05, 0.1) is 13.2 Å². The van der Waals surface area contributed by atoms with E-state index in [0.717, 1.165) is 51.4 Å². The zero-order valence-corrected chi connectivity index (χ0v) is 36.8. The van der Waals surface area contributed by atoms with Crippen molar-refractivity contribution in [3.05, 3.63) is 12.2 Å². The lowest BCUT2D eigenvalue weighted by molar-refractivity contribution is -0.147. The minimum absolute atomic E-state index is 0.0806. The highest BCUT2D eigenvalue weighted by molar-refractivity contribution is 7.47. The molecule has 0 aliphatic carbocycles. The van der Waals surface area contributed by atoms with Crippen LogP contribution in [0.1, 0.15) is 232 Å². The van der Waals surface area contributed by atoms with E-state index in [9.17, 15) is 24.2 Å². The van der Waals surface area contributed by atoms with Crippen molar-refractivity contribution in [3.8, 4) is 0 Å². The van der Waals surface area contributed by atoms with Crippen LogP contribution in [0.25, 0.3) is 0 Å². The summed E-state index contributed by atoms with van der Waals surface area (Å²) in [6, 6.07) is 0. The molecule has 9 nitrogen and oxygen atoms in total.